The Labute approximate surface area is 206 Å². The van der Waals surface area contributed by atoms with E-state index in [1.807, 2.05) is 60.1 Å². The number of hydrogen-bond donors (Lipinski definition) is 1. The quantitative estimate of drug-likeness (QED) is 0.322. The van der Waals surface area contributed by atoms with Crippen LogP contribution >= 0.6 is 36.0 Å². The molecule has 4 rings (SSSR count). The highest BCUT2D eigenvalue weighted by Gasteiger charge is 2.34. The molecule has 0 saturated carbocycles. The summed E-state index contributed by atoms with van der Waals surface area (Å²) in [5, 5.41) is 3.11. The highest BCUT2D eigenvalue weighted by atomic mass is 35.5. The molecule has 1 saturated heterocycles. The van der Waals surface area contributed by atoms with Crippen LogP contribution in [0.5, 0.6) is 0 Å². The van der Waals surface area contributed by atoms with Gasteiger partial charge in [-0.25, -0.2) is 0 Å². The van der Waals surface area contributed by atoms with Crippen molar-refractivity contribution in [2.24, 2.45) is 0 Å². The smallest absolute Gasteiger partial charge is 0.270 e. The molecule has 166 valence electrons. The normalized spacial score (nSPS) is 15.1. The standard InChI is InChI=1S/C24H19ClN4O2S2/c1-27(2)17-9-11-18(12-10-17)28-13-3-4-15(23(28)32)14-20-21(30)26-24(33)29(22(20)31)19-7-5-16(25)6-8-19/h3-14H,1-2H3,(H,26,30,33). The fourth-order valence-electron chi connectivity index (χ4n) is 3.37. The van der Waals surface area contributed by atoms with Crippen molar-refractivity contribution in [3.05, 3.63) is 87.7 Å². The van der Waals surface area contributed by atoms with Gasteiger partial charge >= 0.3 is 0 Å². The van der Waals surface area contributed by atoms with Crippen LogP contribution in [-0.4, -0.2) is 35.6 Å². The number of rotatable bonds is 4. The maximum atomic E-state index is 13.2. The molecule has 2 heterocycles. The van der Waals surface area contributed by atoms with E-state index in [9.17, 15) is 9.59 Å². The van der Waals surface area contributed by atoms with Crippen LogP contribution in [0.15, 0.2) is 72.4 Å². The van der Waals surface area contributed by atoms with Gasteiger partial charge < -0.3 is 9.47 Å². The molecule has 0 atom stereocenters. The maximum absolute atomic E-state index is 13.2. The van der Waals surface area contributed by atoms with Gasteiger partial charge in [0.15, 0.2) is 5.11 Å². The zero-order chi connectivity index (χ0) is 23.7. The summed E-state index contributed by atoms with van der Waals surface area (Å²) in [5.74, 6) is -1.11. The maximum Gasteiger partial charge on any atom is 0.270 e. The van der Waals surface area contributed by atoms with Crippen LogP contribution in [0.4, 0.5) is 11.4 Å². The number of benzene rings is 2. The molecule has 1 aromatic heterocycles. The molecule has 0 unspecified atom stereocenters. The fourth-order valence-corrected chi connectivity index (χ4v) is 4.07. The second kappa shape index (κ2) is 9.27. The van der Waals surface area contributed by atoms with Crippen molar-refractivity contribution in [1.29, 1.82) is 0 Å². The van der Waals surface area contributed by atoms with Crippen LogP contribution in [0.3, 0.4) is 0 Å². The Morgan fingerprint density at radius 2 is 1.58 bits per heavy atom. The summed E-state index contributed by atoms with van der Waals surface area (Å²) in [6, 6.07) is 18.1. The number of halogens is 1. The number of aromatic nitrogens is 1. The molecule has 0 bridgehead atoms. The highest BCUT2D eigenvalue weighted by molar-refractivity contribution is 7.80. The van der Waals surface area contributed by atoms with Gasteiger partial charge in [0.2, 0.25) is 0 Å². The number of carbonyl (C=O) groups is 2. The van der Waals surface area contributed by atoms with Crippen LogP contribution in [0, 0.1) is 4.64 Å². The van der Waals surface area contributed by atoms with E-state index in [2.05, 4.69) is 5.32 Å². The van der Waals surface area contributed by atoms with Gasteiger partial charge in [-0.2, -0.15) is 0 Å². The van der Waals surface area contributed by atoms with E-state index >= 15 is 0 Å². The number of carbonyl (C=O) groups excluding carboxylic acids is 2. The van der Waals surface area contributed by atoms with Gasteiger partial charge in [-0.15, -0.1) is 0 Å². The molecule has 6 nitrogen and oxygen atoms in total. The van der Waals surface area contributed by atoms with Crippen LogP contribution in [-0.2, 0) is 9.59 Å². The molecular formula is C24H19ClN4O2S2. The summed E-state index contributed by atoms with van der Waals surface area (Å²) >= 11 is 16.9. The first-order valence-electron chi connectivity index (χ1n) is 9.93. The Morgan fingerprint density at radius 3 is 2.21 bits per heavy atom. The van der Waals surface area contributed by atoms with E-state index in [4.69, 9.17) is 36.0 Å². The van der Waals surface area contributed by atoms with Gasteiger partial charge in [-0.05, 0) is 72.9 Å². The Balaban J connectivity index is 1.73. The van der Waals surface area contributed by atoms with Crippen molar-refractivity contribution in [2.45, 2.75) is 0 Å². The lowest BCUT2D eigenvalue weighted by atomic mass is 10.1. The lowest BCUT2D eigenvalue weighted by Gasteiger charge is -2.29. The van der Waals surface area contributed by atoms with Crippen molar-refractivity contribution in [2.75, 3.05) is 23.9 Å². The second-order valence-electron chi connectivity index (χ2n) is 7.48. The van der Waals surface area contributed by atoms with Crippen molar-refractivity contribution in [1.82, 2.24) is 9.88 Å². The lowest BCUT2D eigenvalue weighted by Crippen LogP contribution is -2.54. The van der Waals surface area contributed by atoms with Gasteiger partial charge in [0.1, 0.15) is 10.2 Å². The van der Waals surface area contributed by atoms with E-state index in [-0.39, 0.29) is 10.7 Å². The fraction of sp³-hybridized carbons (Fsp3) is 0.0833. The van der Waals surface area contributed by atoms with Gasteiger partial charge in [0, 0.05) is 42.3 Å². The molecule has 2 amide bonds. The Morgan fingerprint density at radius 1 is 0.939 bits per heavy atom. The summed E-state index contributed by atoms with van der Waals surface area (Å²) in [4.78, 5) is 29.1. The number of amides is 2. The monoisotopic (exact) mass is 494 g/mol. The summed E-state index contributed by atoms with van der Waals surface area (Å²) in [7, 11) is 3.94. The van der Waals surface area contributed by atoms with E-state index in [1.54, 1.807) is 30.3 Å². The molecule has 1 aliphatic heterocycles. The van der Waals surface area contributed by atoms with Crippen LogP contribution in [0.25, 0.3) is 11.8 Å². The van der Waals surface area contributed by atoms with E-state index < -0.39 is 11.8 Å². The minimum Gasteiger partial charge on any atom is -0.378 e. The van der Waals surface area contributed by atoms with Crippen molar-refractivity contribution in [3.8, 4) is 5.69 Å². The third-order valence-corrected chi connectivity index (χ3v) is 6.08. The summed E-state index contributed by atoms with van der Waals surface area (Å²) in [6.45, 7) is 0. The Kier molecular flexibility index (Phi) is 6.42. The molecule has 1 N–H and O–H groups in total. The molecular weight excluding hydrogens is 476 g/mol. The van der Waals surface area contributed by atoms with Crippen molar-refractivity contribution in [3.63, 3.8) is 0 Å². The molecule has 0 radical (unpaired) electrons. The van der Waals surface area contributed by atoms with Gasteiger partial charge in [-0.3, -0.25) is 19.8 Å². The average Bonchev–Trinajstić information content (AvgIpc) is 2.79. The number of anilines is 2. The number of thiocarbonyl (C=S) groups is 1. The van der Waals surface area contributed by atoms with Crippen LogP contribution in [0.1, 0.15) is 5.56 Å². The molecule has 1 aliphatic rings. The zero-order valence-corrected chi connectivity index (χ0v) is 20.2. The first-order valence-corrected chi connectivity index (χ1v) is 11.1. The molecule has 2 aromatic carbocycles. The molecule has 0 aliphatic carbocycles. The summed E-state index contributed by atoms with van der Waals surface area (Å²) in [5.41, 5.74) is 2.93. The van der Waals surface area contributed by atoms with Gasteiger partial charge in [0.05, 0.1) is 5.69 Å². The Hall–Kier alpha value is -3.33. The predicted molar refractivity (Wildman–Crippen MR) is 139 cm³/mol. The number of hydrogen-bond acceptors (Lipinski definition) is 5. The van der Waals surface area contributed by atoms with E-state index in [1.165, 1.54) is 11.0 Å². The number of nitrogens with one attached hydrogen (secondary N) is 1. The molecule has 3 aromatic rings. The third kappa shape index (κ3) is 4.59. The topological polar surface area (TPSA) is 57.6 Å². The first kappa shape index (κ1) is 22.8. The lowest BCUT2D eigenvalue weighted by molar-refractivity contribution is -0.122. The van der Waals surface area contributed by atoms with Crippen molar-refractivity contribution >= 4 is 70.4 Å². The second-order valence-corrected chi connectivity index (χ2v) is 8.69. The average molecular weight is 495 g/mol. The van der Waals surface area contributed by atoms with Crippen LogP contribution in [0.2, 0.25) is 5.02 Å². The largest absolute Gasteiger partial charge is 0.378 e. The molecule has 9 heteroatoms. The molecule has 1 fully saturated rings. The predicted octanol–water partition coefficient (Wildman–Crippen LogP) is 4.76. The Bertz CT molecular complexity index is 1350. The third-order valence-electron chi connectivity index (χ3n) is 5.11. The van der Waals surface area contributed by atoms with Gasteiger partial charge in [-0.1, -0.05) is 29.9 Å². The number of pyridine rings is 1. The van der Waals surface area contributed by atoms with Gasteiger partial charge in [0.25, 0.3) is 11.8 Å². The summed E-state index contributed by atoms with van der Waals surface area (Å²) < 4.78 is 2.29. The van der Waals surface area contributed by atoms with E-state index in [0.29, 0.717) is 20.9 Å². The van der Waals surface area contributed by atoms with Crippen LogP contribution < -0.4 is 15.1 Å². The minimum absolute atomic E-state index is 0.00665. The number of nitrogens with zero attached hydrogens (tertiary/aromatic N) is 3. The SMILES string of the molecule is CN(C)c1ccc(-n2cccc(C=C3C(=O)NC(=S)N(c4ccc(Cl)cc4)C3=O)c2=S)cc1. The molecule has 0 spiro atoms. The van der Waals surface area contributed by atoms with Crippen molar-refractivity contribution < 1.29 is 9.59 Å². The zero-order valence-electron chi connectivity index (χ0n) is 17.8. The minimum atomic E-state index is -0.574. The first-order chi connectivity index (χ1) is 15.8. The van der Waals surface area contributed by atoms with E-state index in [0.717, 1.165) is 11.4 Å². The summed E-state index contributed by atoms with van der Waals surface area (Å²) in [6.07, 6.45) is 3.34. The molecule has 33 heavy (non-hydrogen) atoms. The highest BCUT2D eigenvalue weighted by Crippen LogP contribution is 2.24.